The van der Waals surface area contributed by atoms with E-state index in [1.807, 2.05) is 4.90 Å². The molecule has 2 aliphatic heterocycles. The first-order chi connectivity index (χ1) is 10.3. The molecular formula is C15H26N2O4. The molecule has 0 aromatic heterocycles. The quantitative estimate of drug-likeness (QED) is 0.636. The molecule has 2 fully saturated rings. The lowest BCUT2D eigenvalue weighted by molar-refractivity contribution is -0.127. The van der Waals surface area contributed by atoms with Crippen LogP contribution in [0.25, 0.3) is 0 Å². The highest BCUT2D eigenvalue weighted by Crippen LogP contribution is 2.12. The Balaban J connectivity index is 1.41. The van der Waals surface area contributed by atoms with Crippen LogP contribution in [0, 0.1) is 0 Å². The Morgan fingerprint density at radius 3 is 3.05 bits per heavy atom. The lowest BCUT2D eigenvalue weighted by Crippen LogP contribution is -2.31. The highest BCUT2D eigenvalue weighted by atomic mass is 16.5. The van der Waals surface area contributed by atoms with E-state index in [1.54, 1.807) is 0 Å². The minimum Gasteiger partial charge on any atom is -0.378 e. The van der Waals surface area contributed by atoms with E-state index in [1.165, 1.54) is 0 Å². The molecule has 0 radical (unpaired) electrons. The summed E-state index contributed by atoms with van der Waals surface area (Å²) < 4.78 is 10.9. The second kappa shape index (κ2) is 9.00. The summed E-state index contributed by atoms with van der Waals surface area (Å²) in [4.78, 5) is 24.9. The fourth-order valence-electron chi connectivity index (χ4n) is 2.68. The van der Waals surface area contributed by atoms with Crippen LogP contribution in [0.3, 0.4) is 0 Å². The third-order valence-electron chi connectivity index (χ3n) is 3.90. The van der Waals surface area contributed by atoms with E-state index in [-0.39, 0.29) is 17.9 Å². The first-order valence-corrected chi connectivity index (χ1v) is 7.99. The average Bonchev–Trinajstić information content (AvgIpc) is 3.12. The summed E-state index contributed by atoms with van der Waals surface area (Å²) in [5.74, 6) is 0.249. The zero-order valence-electron chi connectivity index (χ0n) is 12.6. The van der Waals surface area contributed by atoms with Crippen LogP contribution >= 0.6 is 0 Å². The standard InChI is InChI=1S/C15H26N2O4/c18-14(6-11-20-12-13-4-2-10-21-13)16-7-3-9-17-8-1-5-15(17)19/h13H,1-12H2,(H,16,18). The van der Waals surface area contributed by atoms with Crippen LogP contribution < -0.4 is 5.32 Å². The zero-order chi connectivity index (χ0) is 14.9. The SMILES string of the molecule is O=C(CCOCC1CCCO1)NCCCN1CCCC1=O. The van der Waals surface area contributed by atoms with E-state index in [2.05, 4.69) is 5.32 Å². The smallest absolute Gasteiger partial charge is 0.222 e. The van der Waals surface area contributed by atoms with Crippen molar-refractivity contribution in [3.8, 4) is 0 Å². The van der Waals surface area contributed by atoms with Crippen LogP contribution in [-0.4, -0.2) is 62.3 Å². The van der Waals surface area contributed by atoms with Crippen LogP contribution in [0.5, 0.6) is 0 Å². The lowest BCUT2D eigenvalue weighted by atomic mass is 10.2. The molecule has 0 saturated carbocycles. The summed E-state index contributed by atoms with van der Waals surface area (Å²) in [7, 11) is 0. The normalized spacial score (nSPS) is 22.0. The van der Waals surface area contributed by atoms with E-state index >= 15 is 0 Å². The summed E-state index contributed by atoms with van der Waals surface area (Å²) in [6.07, 6.45) is 5.21. The largest absolute Gasteiger partial charge is 0.378 e. The summed E-state index contributed by atoms with van der Waals surface area (Å²) in [5, 5.41) is 2.86. The van der Waals surface area contributed by atoms with Gasteiger partial charge in [-0.15, -0.1) is 0 Å². The third-order valence-corrected chi connectivity index (χ3v) is 3.90. The van der Waals surface area contributed by atoms with E-state index in [9.17, 15) is 9.59 Å². The molecular weight excluding hydrogens is 272 g/mol. The van der Waals surface area contributed by atoms with Crippen molar-refractivity contribution in [2.45, 2.75) is 44.6 Å². The van der Waals surface area contributed by atoms with Gasteiger partial charge in [-0.2, -0.15) is 0 Å². The van der Waals surface area contributed by atoms with Crippen molar-refractivity contribution in [1.29, 1.82) is 0 Å². The average molecular weight is 298 g/mol. The van der Waals surface area contributed by atoms with Gasteiger partial charge in [0.1, 0.15) is 0 Å². The molecule has 0 aliphatic carbocycles. The molecule has 120 valence electrons. The molecule has 2 amide bonds. The molecule has 0 bridgehead atoms. The van der Waals surface area contributed by atoms with E-state index < -0.39 is 0 Å². The van der Waals surface area contributed by atoms with Crippen molar-refractivity contribution in [2.24, 2.45) is 0 Å². The van der Waals surface area contributed by atoms with E-state index in [0.717, 1.165) is 45.4 Å². The predicted octanol–water partition coefficient (Wildman–Crippen LogP) is 0.701. The molecule has 6 nitrogen and oxygen atoms in total. The number of ether oxygens (including phenoxy) is 2. The lowest BCUT2D eigenvalue weighted by Gasteiger charge is -2.15. The fraction of sp³-hybridized carbons (Fsp3) is 0.867. The first kappa shape index (κ1) is 16.2. The monoisotopic (exact) mass is 298 g/mol. The van der Waals surface area contributed by atoms with Gasteiger partial charge in [0.25, 0.3) is 0 Å². The van der Waals surface area contributed by atoms with Crippen molar-refractivity contribution < 1.29 is 19.1 Å². The minimum atomic E-state index is 0.00934. The molecule has 21 heavy (non-hydrogen) atoms. The van der Waals surface area contributed by atoms with Gasteiger partial charge in [-0.3, -0.25) is 9.59 Å². The van der Waals surface area contributed by atoms with E-state index in [0.29, 0.717) is 32.6 Å². The molecule has 0 spiro atoms. The van der Waals surface area contributed by atoms with Crippen LogP contribution in [0.2, 0.25) is 0 Å². The predicted molar refractivity (Wildman–Crippen MR) is 77.9 cm³/mol. The maximum Gasteiger partial charge on any atom is 0.222 e. The van der Waals surface area contributed by atoms with Gasteiger partial charge in [-0.05, 0) is 25.7 Å². The number of carbonyl (C=O) groups is 2. The number of amides is 2. The van der Waals surface area contributed by atoms with Crippen LogP contribution in [0.1, 0.15) is 38.5 Å². The second-order valence-electron chi connectivity index (χ2n) is 5.65. The van der Waals surface area contributed by atoms with Gasteiger partial charge in [-0.1, -0.05) is 0 Å². The number of nitrogens with zero attached hydrogens (tertiary/aromatic N) is 1. The number of likely N-dealkylation sites (tertiary alicyclic amines) is 1. The molecule has 1 N–H and O–H groups in total. The summed E-state index contributed by atoms with van der Waals surface area (Å²) in [6, 6.07) is 0. The summed E-state index contributed by atoms with van der Waals surface area (Å²) >= 11 is 0. The number of carbonyl (C=O) groups excluding carboxylic acids is 2. The van der Waals surface area contributed by atoms with Crippen molar-refractivity contribution in [2.75, 3.05) is 39.5 Å². The second-order valence-corrected chi connectivity index (χ2v) is 5.65. The molecule has 2 rings (SSSR count). The number of hydrogen-bond acceptors (Lipinski definition) is 4. The molecule has 0 aromatic carbocycles. The van der Waals surface area contributed by atoms with Crippen LogP contribution in [0.15, 0.2) is 0 Å². The van der Waals surface area contributed by atoms with Crippen molar-refractivity contribution in [3.05, 3.63) is 0 Å². The molecule has 2 saturated heterocycles. The topological polar surface area (TPSA) is 67.9 Å². The van der Waals surface area contributed by atoms with Gasteiger partial charge in [0.2, 0.25) is 11.8 Å². The van der Waals surface area contributed by atoms with Crippen molar-refractivity contribution in [3.63, 3.8) is 0 Å². The van der Waals surface area contributed by atoms with E-state index in [4.69, 9.17) is 9.47 Å². The minimum absolute atomic E-state index is 0.00934. The Morgan fingerprint density at radius 1 is 1.43 bits per heavy atom. The Bertz CT molecular complexity index is 343. The molecule has 6 heteroatoms. The fourth-order valence-corrected chi connectivity index (χ4v) is 2.68. The Morgan fingerprint density at radius 2 is 2.33 bits per heavy atom. The Labute approximate surface area is 126 Å². The van der Waals surface area contributed by atoms with Gasteiger partial charge >= 0.3 is 0 Å². The maximum atomic E-state index is 11.6. The van der Waals surface area contributed by atoms with Gasteiger partial charge in [-0.25, -0.2) is 0 Å². The Hall–Kier alpha value is -1.14. The summed E-state index contributed by atoms with van der Waals surface area (Å²) in [6.45, 7) is 4.08. The van der Waals surface area contributed by atoms with Gasteiger partial charge < -0.3 is 19.7 Å². The van der Waals surface area contributed by atoms with Gasteiger partial charge in [0.05, 0.1) is 19.3 Å². The Kier molecular flexibility index (Phi) is 6.95. The van der Waals surface area contributed by atoms with Crippen molar-refractivity contribution >= 4 is 11.8 Å². The number of hydrogen-bond donors (Lipinski definition) is 1. The summed E-state index contributed by atoms with van der Waals surface area (Å²) in [5.41, 5.74) is 0. The first-order valence-electron chi connectivity index (χ1n) is 7.99. The number of nitrogens with one attached hydrogen (secondary N) is 1. The maximum absolute atomic E-state index is 11.6. The molecule has 0 aromatic rings. The zero-order valence-corrected chi connectivity index (χ0v) is 12.6. The molecule has 1 unspecified atom stereocenters. The van der Waals surface area contributed by atoms with Crippen LogP contribution in [-0.2, 0) is 19.1 Å². The third kappa shape index (κ3) is 6.01. The van der Waals surface area contributed by atoms with Crippen molar-refractivity contribution in [1.82, 2.24) is 10.2 Å². The van der Waals surface area contributed by atoms with Crippen LogP contribution in [0.4, 0.5) is 0 Å². The highest BCUT2D eigenvalue weighted by molar-refractivity contribution is 5.78. The molecule has 2 aliphatic rings. The molecule has 1 atom stereocenters. The number of rotatable bonds is 9. The van der Waals surface area contributed by atoms with Gasteiger partial charge in [0.15, 0.2) is 0 Å². The molecule has 2 heterocycles. The van der Waals surface area contributed by atoms with Gasteiger partial charge in [0, 0.05) is 39.1 Å². The highest BCUT2D eigenvalue weighted by Gasteiger charge is 2.19.